The summed E-state index contributed by atoms with van der Waals surface area (Å²) >= 11 is 0. The van der Waals surface area contributed by atoms with Crippen molar-refractivity contribution >= 4 is 23.6 Å². The molecule has 1 aromatic heterocycles. The summed E-state index contributed by atoms with van der Waals surface area (Å²) in [5.41, 5.74) is 4.45. The van der Waals surface area contributed by atoms with Crippen LogP contribution in [0, 0.1) is 11.7 Å². The lowest BCUT2D eigenvalue weighted by Crippen LogP contribution is -2.58. The molecular weight excluding hydrogens is 490 g/mol. The second kappa shape index (κ2) is 10.5. The summed E-state index contributed by atoms with van der Waals surface area (Å²) in [6, 6.07) is 4.65. The Kier molecular flexibility index (Phi) is 7.89. The Morgan fingerprint density at radius 1 is 1.28 bits per heavy atom. The second-order valence-corrected chi connectivity index (χ2v) is 8.41. The number of anilines is 1. The number of likely N-dealkylation sites (tertiary alicyclic amines) is 1. The fourth-order valence-electron chi connectivity index (χ4n) is 4.00. The van der Waals surface area contributed by atoms with Gasteiger partial charge in [-0.2, -0.15) is 13.2 Å². The van der Waals surface area contributed by atoms with Gasteiger partial charge in [-0.3, -0.25) is 9.79 Å². The van der Waals surface area contributed by atoms with Crippen molar-refractivity contribution in [3.05, 3.63) is 59.3 Å². The Morgan fingerprint density at radius 3 is 2.50 bits per heavy atom. The van der Waals surface area contributed by atoms with E-state index in [-0.39, 0.29) is 23.6 Å². The summed E-state index contributed by atoms with van der Waals surface area (Å²) in [4.78, 5) is 25.2. The van der Waals surface area contributed by atoms with E-state index in [1.54, 1.807) is 0 Å². The van der Waals surface area contributed by atoms with Gasteiger partial charge in [0.1, 0.15) is 11.5 Å². The van der Waals surface area contributed by atoms with Gasteiger partial charge in [0.2, 0.25) is 5.95 Å². The Labute approximate surface area is 203 Å². The number of benzene rings is 1. The number of nitrogens with zero attached hydrogens (tertiary/aromatic N) is 4. The first-order chi connectivity index (χ1) is 16.8. The maximum atomic E-state index is 14.5. The molecule has 3 N–H and O–H groups in total. The number of hydrogen-bond donors (Lipinski definition) is 2. The minimum atomic E-state index is -4.62. The van der Waals surface area contributed by atoms with Crippen molar-refractivity contribution < 1.29 is 31.1 Å². The highest BCUT2D eigenvalue weighted by Gasteiger charge is 2.46. The van der Waals surface area contributed by atoms with Crippen molar-refractivity contribution in [3.8, 4) is 0 Å². The number of piperidine rings is 1. The van der Waals surface area contributed by atoms with Gasteiger partial charge in [-0.1, -0.05) is 25.1 Å². The van der Waals surface area contributed by atoms with Crippen molar-refractivity contribution in [2.45, 2.75) is 31.5 Å². The van der Waals surface area contributed by atoms with E-state index in [1.807, 2.05) is 0 Å². The molecule has 1 amide bonds. The van der Waals surface area contributed by atoms with Crippen LogP contribution in [0.2, 0.25) is 0 Å². The summed E-state index contributed by atoms with van der Waals surface area (Å²) in [6.45, 7) is 0.419. The number of carbonyl (C=O) groups is 1. The first-order valence-corrected chi connectivity index (χ1v) is 10.8. The number of halogens is 6. The van der Waals surface area contributed by atoms with Crippen molar-refractivity contribution in [2.75, 3.05) is 25.5 Å². The zero-order chi connectivity index (χ0) is 26.7. The van der Waals surface area contributed by atoms with Crippen LogP contribution in [0.3, 0.4) is 0 Å². The lowest BCUT2D eigenvalue weighted by molar-refractivity contribution is -0.148. The van der Waals surface area contributed by atoms with Crippen LogP contribution < -0.4 is 11.1 Å². The molecule has 1 aliphatic heterocycles. The van der Waals surface area contributed by atoms with Crippen LogP contribution in [0.1, 0.15) is 24.5 Å². The number of nitrogens with two attached hydrogens (primary N) is 1. The number of alkyl halides is 5. The number of nitrogens with one attached hydrogen (secondary N) is 1. The van der Waals surface area contributed by atoms with Crippen molar-refractivity contribution in [3.63, 3.8) is 0 Å². The van der Waals surface area contributed by atoms with Gasteiger partial charge < -0.3 is 16.0 Å². The summed E-state index contributed by atoms with van der Waals surface area (Å²) in [6.07, 6.45) is -2.81. The largest absolute Gasteiger partial charge is 0.419 e. The normalized spacial score (nSPS) is 20.8. The molecule has 1 aliphatic rings. The van der Waals surface area contributed by atoms with Gasteiger partial charge in [0.25, 0.3) is 11.8 Å². The number of carbonyl (C=O) groups excluding carboxylic acids is 1. The number of amides is 1. The average molecular weight is 514 g/mol. The highest BCUT2D eigenvalue weighted by molar-refractivity contribution is 6.18. The highest BCUT2D eigenvalue weighted by atomic mass is 19.4. The molecule has 2 aromatic rings. The van der Waals surface area contributed by atoms with Crippen molar-refractivity contribution in [2.24, 2.45) is 16.6 Å². The van der Waals surface area contributed by atoms with Crippen molar-refractivity contribution in [1.29, 1.82) is 0 Å². The molecule has 0 aliphatic carbocycles. The summed E-state index contributed by atoms with van der Waals surface area (Å²) in [5, 5.41) is 2.70. The predicted octanol–water partition coefficient (Wildman–Crippen LogP) is 3.99. The highest BCUT2D eigenvalue weighted by Crippen LogP contribution is 2.35. The number of rotatable bonds is 6. The van der Waals surface area contributed by atoms with Crippen LogP contribution in [0.4, 0.5) is 32.3 Å². The zero-order valence-electron chi connectivity index (χ0n) is 19.4. The van der Waals surface area contributed by atoms with Gasteiger partial charge in [-0.15, -0.1) is 0 Å². The van der Waals surface area contributed by atoms with Crippen molar-refractivity contribution in [1.82, 2.24) is 14.9 Å². The third-order valence-electron chi connectivity index (χ3n) is 5.73. The summed E-state index contributed by atoms with van der Waals surface area (Å²) in [7, 11) is 1.38. The van der Waals surface area contributed by atoms with Crippen LogP contribution in [-0.2, 0) is 11.0 Å². The van der Waals surface area contributed by atoms with Gasteiger partial charge in [-0.25, -0.2) is 23.1 Å². The number of allylic oxidation sites excluding steroid dienone is 1. The Morgan fingerprint density at radius 2 is 1.92 bits per heavy atom. The van der Waals surface area contributed by atoms with E-state index in [4.69, 9.17) is 5.73 Å². The van der Waals surface area contributed by atoms with Crippen LogP contribution >= 0.6 is 0 Å². The van der Waals surface area contributed by atoms with E-state index in [0.29, 0.717) is 12.4 Å². The third-order valence-corrected chi connectivity index (χ3v) is 5.73. The fraction of sp³-hybridized carbons (Fsp3) is 0.391. The Bertz CT molecular complexity index is 1150. The number of aromatic nitrogens is 2. The van der Waals surface area contributed by atoms with E-state index in [2.05, 4.69) is 20.3 Å². The molecule has 36 heavy (non-hydrogen) atoms. The summed E-state index contributed by atoms with van der Waals surface area (Å²) in [5.74, 6) is -5.76. The molecule has 3 rings (SSSR count). The molecule has 0 saturated carbocycles. The van der Waals surface area contributed by atoms with E-state index < -0.39 is 60.0 Å². The van der Waals surface area contributed by atoms with E-state index in [0.717, 1.165) is 11.0 Å². The van der Waals surface area contributed by atoms with E-state index in [9.17, 15) is 31.1 Å². The minimum absolute atomic E-state index is 0.0291. The zero-order valence-corrected chi connectivity index (χ0v) is 19.4. The summed E-state index contributed by atoms with van der Waals surface area (Å²) < 4.78 is 81.6. The maximum absolute atomic E-state index is 14.5. The number of aliphatic imine (C=N–C) groups is 1. The van der Waals surface area contributed by atoms with Crippen LogP contribution in [0.25, 0.3) is 5.57 Å². The predicted molar refractivity (Wildman–Crippen MR) is 122 cm³/mol. The molecule has 2 heterocycles. The Balaban J connectivity index is 1.91. The molecule has 0 bridgehead atoms. The standard InChI is InChI=1S/C23H24F6N6O/c1-13-7-22(25,26)12-35(18(13)11-34-21-32-8-14(9-33-21)23(27,28)29)20(36)19(30)16(10-31-2)15-5-3-4-6-17(15)24/h3-6,8-10,13,18H,7,11-12,30H2,1-2H3,(H,32,33,34)/t13-,18?/m1/s1. The number of hydrogen-bond acceptors (Lipinski definition) is 6. The smallest absolute Gasteiger partial charge is 0.394 e. The fourth-order valence-corrected chi connectivity index (χ4v) is 4.00. The average Bonchev–Trinajstić information content (AvgIpc) is 2.80. The van der Waals surface area contributed by atoms with Gasteiger partial charge in [-0.05, 0) is 12.0 Å². The molecule has 0 radical (unpaired) electrons. The molecule has 0 spiro atoms. The van der Waals surface area contributed by atoms with Gasteiger partial charge in [0.15, 0.2) is 0 Å². The Hall–Kier alpha value is -3.64. The van der Waals surface area contributed by atoms with Gasteiger partial charge in [0, 0.05) is 49.8 Å². The maximum Gasteiger partial charge on any atom is 0.419 e. The lowest BCUT2D eigenvalue weighted by Gasteiger charge is -2.43. The monoisotopic (exact) mass is 514 g/mol. The van der Waals surface area contributed by atoms with Crippen LogP contribution in [0.15, 0.2) is 47.3 Å². The van der Waals surface area contributed by atoms with Crippen LogP contribution in [-0.4, -0.2) is 59.1 Å². The molecule has 13 heteroatoms. The van der Waals surface area contributed by atoms with Gasteiger partial charge >= 0.3 is 6.18 Å². The lowest BCUT2D eigenvalue weighted by atomic mass is 9.88. The van der Waals surface area contributed by atoms with Crippen LogP contribution in [0.5, 0.6) is 0 Å². The van der Waals surface area contributed by atoms with E-state index in [1.165, 1.54) is 38.4 Å². The molecule has 2 atom stereocenters. The first-order valence-electron chi connectivity index (χ1n) is 10.8. The third kappa shape index (κ3) is 6.13. The first kappa shape index (κ1) is 27.0. The molecule has 1 fully saturated rings. The topological polar surface area (TPSA) is 96.5 Å². The SMILES string of the molecule is CN=CC(=C(N)C(=O)N1CC(F)(F)C[C@@H](C)C1CNc1ncc(C(F)(F)F)cn1)c1ccccc1F. The quantitative estimate of drug-likeness (QED) is 0.345. The minimum Gasteiger partial charge on any atom is -0.394 e. The molecule has 194 valence electrons. The molecule has 1 aromatic carbocycles. The molecule has 1 unspecified atom stereocenters. The molecule has 1 saturated heterocycles. The second-order valence-electron chi connectivity index (χ2n) is 8.41. The van der Waals surface area contributed by atoms with Gasteiger partial charge in [0.05, 0.1) is 18.2 Å². The van der Waals surface area contributed by atoms with E-state index >= 15 is 0 Å². The molecular formula is C23H24F6N6O. The molecule has 7 nitrogen and oxygen atoms in total.